The van der Waals surface area contributed by atoms with Gasteiger partial charge in [-0.15, -0.1) is 0 Å². The Morgan fingerprint density at radius 1 is 1.29 bits per heavy atom. The normalized spacial score (nSPS) is 28.0. The zero-order valence-corrected chi connectivity index (χ0v) is 16.6. The van der Waals surface area contributed by atoms with Crippen LogP contribution in [0.1, 0.15) is 44.9 Å². The molecule has 1 N–H and O–H groups in total. The van der Waals surface area contributed by atoms with E-state index < -0.39 is 0 Å². The van der Waals surface area contributed by atoms with Gasteiger partial charge in [-0.1, -0.05) is 44.2 Å². The molecule has 5 heteroatoms. The fourth-order valence-corrected chi connectivity index (χ4v) is 5.01. The first-order chi connectivity index (χ1) is 13.5. The molecule has 0 bridgehead atoms. The van der Waals surface area contributed by atoms with Crippen molar-refractivity contribution in [2.24, 2.45) is 11.8 Å². The first-order valence-electron chi connectivity index (χ1n) is 9.96. The van der Waals surface area contributed by atoms with Gasteiger partial charge in [0.1, 0.15) is 0 Å². The highest BCUT2D eigenvalue weighted by Crippen LogP contribution is 2.53. The number of ether oxygens (including phenoxy) is 1. The van der Waals surface area contributed by atoms with Crippen LogP contribution in [0.2, 0.25) is 0 Å². The van der Waals surface area contributed by atoms with E-state index >= 15 is 0 Å². The van der Waals surface area contributed by atoms with Gasteiger partial charge in [0.15, 0.2) is 11.6 Å². The Labute approximate surface area is 165 Å². The minimum absolute atomic E-state index is 0.0517. The lowest BCUT2D eigenvalue weighted by Crippen LogP contribution is -2.48. The molecule has 2 aromatic rings. The highest BCUT2D eigenvalue weighted by Gasteiger charge is 2.51. The molecule has 28 heavy (non-hydrogen) atoms. The van der Waals surface area contributed by atoms with Crippen LogP contribution in [0.4, 0.5) is 0 Å². The van der Waals surface area contributed by atoms with E-state index in [4.69, 9.17) is 14.7 Å². The molecule has 1 heterocycles. The number of aromatic nitrogens is 2. The number of carbonyl (C=O) groups is 1. The van der Waals surface area contributed by atoms with Gasteiger partial charge in [-0.2, -0.15) is 4.98 Å². The SMILES string of the molecule is CCOc1nc(-c2ccccc2)nc2c1CC[C@H]1[C@H](C)C(=O)/C(=C\O)CC21C. The Morgan fingerprint density at radius 2 is 2.04 bits per heavy atom. The van der Waals surface area contributed by atoms with E-state index in [9.17, 15) is 9.90 Å². The van der Waals surface area contributed by atoms with Crippen molar-refractivity contribution < 1.29 is 14.6 Å². The maximum absolute atomic E-state index is 12.6. The Balaban J connectivity index is 1.92. The minimum Gasteiger partial charge on any atom is -0.515 e. The van der Waals surface area contributed by atoms with E-state index in [0.29, 0.717) is 30.3 Å². The molecule has 1 aromatic heterocycles. The van der Waals surface area contributed by atoms with Crippen LogP contribution in [-0.4, -0.2) is 27.5 Å². The van der Waals surface area contributed by atoms with Crippen LogP contribution in [0.15, 0.2) is 42.2 Å². The van der Waals surface area contributed by atoms with Crippen molar-refractivity contribution in [3.8, 4) is 17.3 Å². The maximum atomic E-state index is 12.6. The van der Waals surface area contributed by atoms with E-state index in [-0.39, 0.29) is 23.0 Å². The van der Waals surface area contributed by atoms with Crippen molar-refractivity contribution in [2.45, 2.75) is 45.4 Å². The van der Waals surface area contributed by atoms with Gasteiger partial charge < -0.3 is 9.84 Å². The van der Waals surface area contributed by atoms with E-state index in [1.165, 1.54) is 0 Å². The van der Waals surface area contributed by atoms with E-state index in [1.807, 2.05) is 44.2 Å². The molecule has 1 saturated carbocycles. The van der Waals surface area contributed by atoms with E-state index in [1.54, 1.807) is 0 Å². The summed E-state index contributed by atoms with van der Waals surface area (Å²) in [6.45, 7) is 6.63. The topological polar surface area (TPSA) is 72.3 Å². The molecular weight excluding hydrogens is 352 g/mol. The number of ketones is 1. The Bertz CT molecular complexity index is 938. The average molecular weight is 378 g/mol. The minimum atomic E-state index is -0.339. The average Bonchev–Trinajstić information content (AvgIpc) is 2.71. The van der Waals surface area contributed by atoms with Crippen molar-refractivity contribution in [1.82, 2.24) is 9.97 Å². The highest BCUT2D eigenvalue weighted by atomic mass is 16.5. The standard InChI is InChI=1S/C23H26N2O3/c1-4-28-22-17-10-11-18-14(2)19(27)16(13-26)12-23(18,3)20(17)24-21(25-22)15-8-6-5-7-9-15/h5-9,13-14,18,26H,4,10-12H2,1-3H3/b16-13-/t14-,18-,23?/m0/s1. The molecule has 4 rings (SSSR count). The highest BCUT2D eigenvalue weighted by molar-refractivity contribution is 5.98. The summed E-state index contributed by atoms with van der Waals surface area (Å²) in [4.78, 5) is 22.4. The number of aliphatic hydroxyl groups is 1. The number of rotatable bonds is 3. The second-order valence-corrected chi connectivity index (χ2v) is 8.03. The number of Topliss-reactive ketones (excluding diaryl/α,β-unsaturated/α-hetero) is 1. The molecule has 0 saturated heterocycles. The summed E-state index contributed by atoms with van der Waals surface area (Å²) in [5.74, 6) is 1.38. The molecule has 146 valence electrons. The van der Waals surface area contributed by atoms with Crippen molar-refractivity contribution in [3.05, 3.63) is 53.4 Å². The van der Waals surface area contributed by atoms with Crippen LogP contribution in [-0.2, 0) is 16.6 Å². The van der Waals surface area contributed by atoms with Gasteiger partial charge in [-0.05, 0) is 32.1 Å². The van der Waals surface area contributed by atoms with Gasteiger partial charge in [-0.25, -0.2) is 4.98 Å². The number of hydrogen-bond donors (Lipinski definition) is 1. The van der Waals surface area contributed by atoms with Gasteiger partial charge in [0.2, 0.25) is 5.88 Å². The Hall–Kier alpha value is -2.69. The third-order valence-electron chi connectivity index (χ3n) is 6.39. The second kappa shape index (κ2) is 7.04. The number of fused-ring (bicyclic) bond motifs is 3. The van der Waals surface area contributed by atoms with Gasteiger partial charge in [0.25, 0.3) is 0 Å². The zero-order chi connectivity index (χ0) is 19.9. The molecule has 0 spiro atoms. The number of allylic oxidation sites excluding steroid dienone is 1. The van der Waals surface area contributed by atoms with Crippen molar-refractivity contribution in [1.29, 1.82) is 0 Å². The van der Waals surface area contributed by atoms with E-state index in [2.05, 4.69) is 6.92 Å². The van der Waals surface area contributed by atoms with Gasteiger partial charge in [0, 0.05) is 28.0 Å². The fraction of sp³-hybridized carbons (Fsp3) is 0.435. The number of aliphatic hydroxyl groups excluding tert-OH is 1. The molecule has 1 unspecified atom stereocenters. The number of benzene rings is 1. The third-order valence-corrected chi connectivity index (χ3v) is 6.39. The van der Waals surface area contributed by atoms with E-state index in [0.717, 1.165) is 35.9 Å². The lowest BCUT2D eigenvalue weighted by atomic mass is 9.55. The first-order valence-corrected chi connectivity index (χ1v) is 9.96. The first kappa shape index (κ1) is 18.7. The number of hydrogen-bond acceptors (Lipinski definition) is 5. The molecule has 0 amide bonds. The molecule has 5 nitrogen and oxygen atoms in total. The molecular formula is C23H26N2O3. The largest absolute Gasteiger partial charge is 0.515 e. The summed E-state index contributed by atoms with van der Waals surface area (Å²) in [5, 5.41) is 9.66. The quantitative estimate of drug-likeness (QED) is 0.632. The second-order valence-electron chi connectivity index (χ2n) is 8.03. The predicted molar refractivity (Wildman–Crippen MR) is 107 cm³/mol. The smallest absolute Gasteiger partial charge is 0.220 e. The Morgan fingerprint density at radius 3 is 2.71 bits per heavy atom. The molecule has 2 aliphatic carbocycles. The van der Waals surface area contributed by atoms with Crippen LogP contribution < -0.4 is 4.74 Å². The third kappa shape index (κ3) is 2.81. The monoisotopic (exact) mass is 378 g/mol. The summed E-state index contributed by atoms with van der Waals surface area (Å²) in [6, 6.07) is 9.89. The molecule has 1 fully saturated rings. The van der Waals surface area contributed by atoms with Gasteiger partial charge in [0.05, 0.1) is 18.6 Å². The van der Waals surface area contributed by atoms with Crippen LogP contribution >= 0.6 is 0 Å². The van der Waals surface area contributed by atoms with Gasteiger partial charge >= 0.3 is 0 Å². The summed E-state index contributed by atoms with van der Waals surface area (Å²) >= 11 is 0. The van der Waals surface area contributed by atoms with Gasteiger partial charge in [-0.3, -0.25) is 4.79 Å². The lowest BCUT2D eigenvalue weighted by Gasteiger charge is -2.48. The molecule has 3 atom stereocenters. The van der Waals surface area contributed by atoms with Crippen LogP contribution in [0, 0.1) is 11.8 Å². The molecule has 0 aliphatic heterocycles. The Kier molecular flexibility index (Phi) is 4.69. The lowest BCUT2D eigenvalue weighted by molar-refractivity contribution is -0.124. The van der Waals surface area contributed by atoms with Crippen molar-refractivity contribution >= 4 is 5.78 Å². The summed E-state index contributed by atoms with van der Waals surface area (Å²) in [7, 11) is 0. The summed E-state index contributed by atoms with van der Waals surface area (Å²) in [5.41, 5.74) is 3.08. The van der Waals surface area contributed by atoms with Crippen LogP contribution in [0.5, 0.6) is 5.88 Å². The summed E-state index contributed by atoms with van der Waals surface area (Å²) in [6.07, 6.45) is 3.16. The van der Waals surface area contributed by atoms with Crippen molar-refractivity contribution in [2.75, 3.05) is 6.61 Å². The van der Waals surface area contributed by atoms with Crippen molar-refractivity contribution in [3.63, 3.8) is 0 Å². The summed E-state index contributed by atoms with van der Waals surface area (Å²) < 4.78 is 5.91. The van der Waals surface area contributed by atoms with Crippen LogP contribution in [0.3, 0.4) is 0 Å². The maximum Gasteiger partial charge on any atom is 0.220 e. The molecule has 2 aliphatic rings. The van der Waals surface area contributed by atoms with Crippen LogP contribution in [0.25, 0.3) is 11.4 Å². The number of carbonyl (C=O) groups excluding carboxylic acids is 1. The molecule has 1 aromatic carbocycles. The zero-order valence-electron chi connectivity index (χ0n) is 16.6. The molecule has 0 radical (unpaired) electrons. The predicted octanol–water partition coefficient (Wildman–Crippen LogP) is 4.41. The number of nitrogens with zero attached hydrogens (tertiary/aromatic N) is 2. The fourth-order valence-electron chi connectivity index (χ4n) is 5.01.